The second kappa shape index (κ2) is 8.56. The van der Waals surface area contributed by atoms with E-state index < -0.39 is 6.03 Å². The van der Waals surface area contributed by atoms with E-state index in [4.69, 9.17) is 5.73 Å². The zero-order chi connectivity index (χ0) is 16.5. The number of primary amides is 1. The summed E-state index contributed by atoms with van der Waals surface area (Å²) in [5.41, 5.74) is 6.43. The van der Waals surface area contributed by atoms with Crippen LogP contribution < -0.4 is 16.4 Å². The van der Waals surface area contributed by atoms with Crippen molar-refractivity contribution in [1.29, 1.82) is 0 Å². The van der Waals surface area contributed by atoms with E-state index in [2.05, 4.69) is 34.9 Å². The van der Waals surface area contributed by atoms with Crippen LogP contribution in [-0.4, -0.2) is 25.0 Å². The molecule has 126 valence electrons. The Kier molecular flexibility index (Phi) is 6.44. The first kappa shape index (κ1) is 17.3. The van der Waals surface area contributed by atoms with Crippen molar-refractivity contribution in [1.82, 2.24) is 10.6 Å². The number of nitrogens with two attached hydrogens (primary N) is 1. The molecule has 0 radical (unpaired) electrons. The molecule has 0 saturated heterocycles. The fourth-order valence-electron chi connectivity index (χ4n) is 3.39. The number of carbonyl (C=O) groups excluding carboxylic acids is 2. The summed E-state index contributed by atoms with van der Waals surface area (Å²) in [5, 5.41) is 5.64. The molecule has 1 aliphatic carbocycles. The normalized spacial score (nSPS) is 16.0. The third-order valence-corrected chi connectivity index (χ3v) is 4.70. The van der Waals surface area contributed by atoms with Gasteiger partial charge in [0.2, 0.25) is 5.91 Å². The molecule has 1 aliphatic rings. The number of carbonyl (C=O) groups is 2. The molecule has 0 spiro atoms. The molecule has 2 rings (SSSR count). The summed E-state index contributed by atoms with van der Waals surface area (Å²) in [6, 6.07) is 10.0. The Balaban J connectivity index is 1.76. The quantitative estimate of drug-likeness (QED) is 0.643. The summed E-state index contributed by atoms with van der Waals surface area (Å²) >= 11 is 0. The van der Waals surface area contributed by atoms with Crippen LogP contribution >= 0.6 is 0 Å². The van der Waals surface area contributed by atoms with Gasteiger partial charge >= 0.3 is 6.03 Å². The van der Waals surface area contributed by atoms with Crippen LogP contribution in [0.4, 0.5) is 4.79 Å². The lowest BCUT2D eigenvalue weighted by atomic mass is 9.79. The van der Waals surface area contributed by atoms with Gasteiger partial charge in [-0.2, -0.15) is 0 Å². The fourth-order valence-corrected chi connectivity index (χ4v) is 3.39. The van der Waals surface area contributed by atoms with Crippen LogP contribution in [0.25, 0.3) is 0 Å². The highest BCUT2D eigenvalue weighted by molar-refractivity contribution is 5.76. The van der Waals surface area contributed by atoms with Crippen molar-refractivity contribution >= 4 is 11.9 Å². The maximum absolute atomic E-state index is 12.0. The molecule has 1 fully saturated rings. The second-order valence-electron chi connectivity index (χ2n) is 6.38. The molecule has 1 saturated carbocycles. The van der Waals surface area contributed by atoms with Crippen molar-refractivity contribution in [2.45, 2.75) is 50.4 Å². The number of urea groups is 1. The highest BCUT2D eigenvalue weighted by Gasteiger charge is 2.35. The number of nitrogens with one attached hydrogen (secondary N) is 2. The van der Waals surface area contributed by atoms with Crippen molar-refractivity contribution in [3.05, 3.63) is 35.9 Å². The molecule has 3 amide bonds. The molecule has 0 bridgehead atoms. The van der Waals surface area contributed by atoms with Crippen LogP contribution in [-0.2, 0) is 10.2 Å². The van der Waals surface area contributed by atoms with Crippen LogP contribution in [0, 0.1) is 0 Å². The number of benzene rings is 1. The van der Waals surface area contributed by atoms with Gasteiger partial charge in [0, 0.05) is 24.9 Å². The summed E-state index contributed by atoms with van der Waals surface area (Å²) in [6.07, 6.45) is 6.74. The van der Waals surface area contributed by atoms with Crippen LogP contribution in [0.5, 0.6) is 0 Å². The molecule has 23 heavy (non-hydrogen) atoms. The first-order valence-corrected chi connectivity index (χ1v) is 8.48. The first-order valence-electron chi connectivity index (χ1n) is 8.48. The van der Waals surface area contributed by atoms with E-state index in [1.807, 2.05) is 6.07 Å². The van der Waals surface area contributed by atoms with Gasteiger partial charge < -0.3 is 16.4 Å². The van der Waals surface area contributed by atoms with Gasteiger partial charge in [0.1, 0.15) is 0 Å². The van der Waals surface area contributed by atoms with Crippen molar-refractivity contribution in [2.75, 3.05) is 13.1 Å². The molecule has 4 N–H and O–H groups in total. The van der Waals surface area contributed by atoms with Crippen molar-refractivity contribution < 1.29 is 9.59 Å². The SMILES string of the molecule is NC(=O)NCCCCC(=O)NCC1(c2ccccc2)CCCC1. The minimum Gasteiger partial charge on any atom is -0.355 e. The predicted molar refractivity (Wildman–Crippen MR) is 91.0 cm³/mol. The maximum atomic E-state index is 12.0. The summed E-state index contributed by atoms with van der Waals surface area (Å²) in [5.74, 6) is 0.0891. The Morgan fingerprint density at radius 2 is 1.74 bits per heavy atom. The topological polar surface area (TPSA) is 84.2 Å². The number of amides is 3. The van der Waals surface area contributed by atoms with E-state index in [1.165, 1.54) is 18.4 Å². The summed E-state index contributed by atoms with van der Waals surface area (Å²) < 4.78 is 0. The van der Waals surface area contributed by atoms with E-state index in [-0.39, 0.29) is 11.3 Å². The molecule has 5 nitrogen and oxygen atoms in total. The lowest BCUT2D eigenvalue weighted by Gasteiger charge is -2.30. The summed E-state index contributed by atoms with van der Waals surface area (Å²) in [7, 11) is 0. The van der Waals surface area contributed by atoms with Crippen molar-refractivity contribution in [3.8, 4) is 0 Å². The van der Waals surface area contributed by atoms with Crippen LogP contribution in [0.3, 0.4) is 0 Å². The Hall–Kier alpha value is -2.04. The van der Waals surface area contributed by atoms with Gasteiger partial charge in [0.25, 0.3) is 0 Å². The largest absolute Gasteiger partial charge is 0.355 e. The summed E-state index contributed by atoms with van der Waals surface area (Å²) in [4.78, 5) is 22.6. The van der Waals surface area contributed by atoms with Crippen LogP contribution in [0.2, 0.25) is 0 Å². The molecular formula is C18H27N3O2. The molecule has 0 aromatic heterocycles. The van der Waals surface area contributed by atoms with E-state index in [9.17, 15) is 9.59 Å². The highest BCUT2D eigenvalue weighted by Crippen LogP contribution is 2.40. The van der Waals surface area contributed by atoms with E-state index in [1.54, 1.807) is 0 Å². The molecule has 0 heterocycles. The average molecular weight is 317 g/mol. The Bertz CT molecular complexity index is 510. The smallest absolute Gasteiger partial charge is 0.312 e. The third-order valence-electron chi connectivity index (χ3n) is 4.70. The first-order chi connectivity index (χ1) is 11.1. The van der Waals surface area contributed by atoms with Crippen molar-refractivity contribution in [2.24, 2.45) is 5.73 Å². The van der Waals surface area contributed by atoms with E-state index in [0.717, 1.165) is 32.2 Å². The molecule has 0 atom stereocenters. The monoisotopic (exact) mass is 317 g/mol. The minimum absolute atomic E-state index is 0.0891. The van der Waals surface area contributed by atoms with Gasteiger partial charge in [0.15, 0.2) is 0 Å². The van der Waals surface area contributed by atoms with Gasteiger partial charge in [-0.3, -0.25) is 4.79 Å². The lowest BCUT2D eigenvalue weighted by Crippen LogP contribution is -2.39. The van der Waals surface area contributed by atoms with E-state index in [0.29, 0.717) is 13.0 Å². The number of rotatable bonds is 8. The van der Waals surface area contributed by atoms with Gasteiger partial charge in [-0.15, -0.1) is 0 Å². The standard InChI is InChI=1S/C18H27N3O2/c19-17(23)20-13-7-4-10-16(22)21-14-18(11-5-6-12-18)15-8-2-1-3-9-15/h1-3,8-9H,4-7,10-14H2,(H,21,22)(H3,19,20,23). The minimum atomic E-state index is -0.513. The number of hydrogen-bond acceptors (Lipinski definition) is 2. The zero-order valence-electron chi connectivity index (χ0n) is 13.6. The fraction of sp³-hybridized carbons (Fsp3) is 0.556. The van der Waals surface area contributed by atoms with Gasteiger partial charge in [-0.1, -0.05) is 43.2 Å². The molecule has 0 unspecified atom stereocenters. The molecular weight excluding hydrogens is 290 g/mol. The second-order valence-corrected chi connectivity index (χ2v) is 6.38. The predicted octanol–water partition coefficient (Wildman–Crippen LogP) is 2.45. The average Bonchev–Trinajstić information content (AvgIpc) is 3.03. The number of hydrogen-bond donors (Lipinski definition) is 3. The van der Waals surface area contributed by atoms with Crippen LogP contribution in [0.15, 0.2) is 30.3 Å². The van der Waals surface area contributed by atoms with Crippen LogP contribution in [0.1, 0.15) is 50.5 Å². The van der Waals surface area contributed by atoms with Gasteiger partial charge in [-0.25, -0.2) is 4.79 Å². The van der Waals surface area contributed by atoms with E-state index >= 15 is 0 Å². The Labute approximate surface area is 138 Å². The molecule has 0 aliphatic heterocycles. The lowest BCUT2D eigenvalue weighted by molar-refractivity contribution is -0.121. The Morgan fingerprint density at radius 3 is 2.39 bits per heavy atom. The third kappa shape index (κ3) is 5.27. The van der Waals surface area contributed by atoms with Gasteiger partial charge in [0.05, 0.1) is 0 Å². The number of unbranched alkanes of at least 4 members (excludes halogenated alkanes) is 1. The Morgan fingerprint density at radius 1 is 1.04 bits per heavy atom. The molecule has 5 heteroatoms. The summed E-state index contributed by atoms with van der Waals surface area (Å²) in [6.45, 7) is 1.24. The maximum Gasteiger partial charge on any atom is 0.312 e. The molecule has 1 aromatic rings. The zero-order valence-corrected chi connectivity index (χ0v) is 13.6. The molecule has 1 aromatic carbocycles. The van der Waals surface area contributed by atoms with Crippen molar-refractivity contribution in [3.63, 3.8) is 0 Å². The van der Waals surface area contributed by atoms with Gasteiger partial charge in [-0.05, 0) is 31.2 Å². The highest BCUT2D eigenvalue weighted by atomic mass is 16.2.